The van der Waals surface area contributed by atoms with Gasteiger partial charge in [-0.15, -0.1) is 11.8 Å². The first kappa shape index (κ1) is 22.6. The first-order valence-electron chi connectivity index (χ1n) is 8.68. The number of benzene rings is 1. The molecule has 5 nitrogen and oxygen atoms in total. The first-order chi connectivity index (χ1) is 12.1. The molecule has 0 bridgehead atoms. The second kappa shape index (κ2) is 9.51. The summed E-state index contributed by atoms with van der Waals surface area (Å²) in [5, 5.41) is 6.22. The van der Waals surface area contributed by atoms with Crippen LogP contribution in [0.4, 0.5) is 4.79 Å². The minimum atomic E-state index is -0.577. The largest absolute Gasteiger partial charge is 0.444 e. The van der Waals surface area contributed by atoms with Crippen molar-refractivity contribution >= 4 is 35.4 Å². The van der Waals surface area contributed by atoms with Crippen LogP contribution < -0.4 is 10.6 Å². The molecule has 2 amide bonds. The lowest BCUT2D eigenvalue weighted by atomic mass is 9.92. The minimum Gasteiger partial charge on any atom is -0.444 e. The molecule has 0 aliphatic carbocycles. The van der Waals surface area contributed by atoms with Crippen LogP contribution in [-0.2, 0) is 4.74 Å². The number of halogens is 1. The van der Waals surface area contributed by atoms with E-state index in [9.17, 15) is 9.59 Å². The zero-order valence-corrected chi connectivity index (χ0v) is 17.9. The fraction of sp³-hybridized carbons (Fsp3) is 0.579. The average molecular weight is 401 g/mol. The molecule has 7 heteroatoms. The number of carbonyl (C=O) groups is 2. The second-order valence-electron chi connectivity index (χ2n) is 7.14. The van der Waals surface area contributed by atoms with Crippen molar-refractivity contribution in [2.75, 3.05) is 12.8 Å². The molecular formula is C19H29ClN2O3S. The van der Waals surface area contributed by atoms with E-state index >= 15 is 0 Å². The van der Waals surface area contributed by atoms with Crippen LogP contribution in [0.3, 0.4) is 0 Å². The van der Waals surface area contributed by atoms with Crippen LogP contribution in [0.25, 0.3) is 0 Å². The van der Waals surface area contributed by atoms with E-state index in [1.54, 1.807) is 23.9 Å². The van der Waals surface area contributed by atoms with Crippen LogP contribution >= 0.6 is 23.4 Å². The van der Waals surface area contributed by atoms with Gasteiger partial charge in [-0.2, -0.15) is 0 Å². The average Bonchev–Trinajstić information content (AvgIpc) is 2.57. The number of amides is 2. The highest BCUT2D eigenvalue weighted by atomic mass is 35.5. The summed E-state index contributed by atoms with van der Waals surface area (Å²) >= 11 is 7.75. The normalized spacial score (nSPS) is 11.8. The van der Waals surface area contributed by atoms with Crippen molar-refractivity contribution in [2.45, 2.75) is 63.5 Å². The lowest BCUT2D eigenvalue weighted by Crippen LogP contribution is -2.55. The summed E-state index contributed by atoms with van der Waals surface area (Å²) in [6, 6.07) is 5.38. The van der Waals surface area contributed by atoms with Crippen LogP contribution in [0.5, 0.6) is 0 Å². The Labute approximate surface area is 165 Å². The smallest absolute Gasteiger partial charge is 0.407 e. The maximum absolute atomic E-state index is 12.8. The highest BCUT2D eigenvalue weighted by Crippen LogP contribution is 2.24. The predicted molar refractivity (Wildman–Crippen MR) is 108 cm³/mol. The van der Waals surface area contributed by atoms with E-state index in [1.807, 2.05) is 46.9 Å². The number of thioether (sulfide) groups is 1. The molecule has 0 fully saturated rings. The van der Waals surface area contributed by atoms with Crippen molar-refractivity contribution in [1.29, 1.82) is 0 Å². The summed E-state index contributed by atoms with van der Waals surface area (Å²) < 4.78 is 5.27. The van der Waals surface area contributed by atoms with Gasteiger partial charge in [-0.3, -0.25) is 4.79 Å². The Bertz CT molecular complexity index is 640. The summed E-state index contributed by atoms with van der Waals surface area (Å²) in [5.41, 5.74) is -0.713. The number of carbonyl (C=O) groups excluding carboxylic acids is 2. The van der Waals surface area contributed by atoms with Crippen LogP contribution in [0, 0.1) is 0 Å². The number of alkyl carbamates (subject to hydrolysis) is 1. The molecule has 0 aliphatic rings. The molecule has 1 rings (SSSR count). The van der Waals surface area contributed by atoms with Gasteiger partial charge in [-0.1, -0.05) is 25.4 Å². The maximum atomic E-state index is 12.8. The fourth-order valence-electron chi connectivity index (χ4n) is 2.39. The molecule has 1 aromatic rings. The Morgan fingerprint density at radius 1 is 1.19 bits per heavy atom. The third-order valence-electron chi connectivity index (χ3n) is 4.12. The molecule has 1 aromatic carbocycles. The van der Waals surface area contributed by atoms with Gasteiger partial charge in [0.25, 0.3) is 5.91 Å². The first-order valence-corrected chi connectivity index (χ1v) is 10.3. The topological polar surface area (TPSA) is 67.4 Å². The van der Waals surface area contributed by atoms with Gasteiger partial charge in [0.1, 0.15) is 5.60 Å². The lowest BCUT2D eigenvalue weighted by molar-refractivity contribution is 0.0502. The molecule has 0 saturated carbocycles. The van der Waals surface area contributed by atoms with Gasteiger partial charge in [0.2, 0.25) is 0 Å². The fourth-order valence-corrected chi connectivity index (χ4v) is 3.03. The number of ether oxygens (including phenoxy) is 1. The van der Waals surface area contributed by atoms with E-state index in [0.717, 1.165) is 4.90 Å². The van der Waals surface area contributed by atoms with Crippen molar-refractivity contribution < 1.29 is 14.3 Å². The van der Waals surface area contributed by atoms with Crippen molar-refractivity contribution in [1.82, 2.24) is 10.6 Å². The van der Waals surface area contributed by atoms with E-state index in [-0.39, 0.29) is 12.5 Å². The third-order valence-corrected chi connectivity index (χ3v) is 5.18. The van der Waals surface area contributed by atoms with Gasteiger partial charge in [0.15, 0.2) is 0 Å². The summed E-state index contributed by atoms with van der Waals surface area (Å²) in [6.07, 6.45) is 2.76. The van der Waals surface area contributed by atoms with Crippen LogP contribution in [-0.4, -0.2) is 35.9 Å². The van der Waals surface area contributed by atoms with E-state index < -0.39 is 17.2 Å². The van der Waals surface area contributed by atoms with Gasteiger partial charge < -0.3 is 15.4 Å². The van der Waals surface area contributed by atoms with Crippen LogP contribution in [0.1, 0.15) is 57.8 Å². The van der Waals surface area contributed by atoms with E-state index in [2.05, 4.69) is 10.6 Å². The summed E-state index contributed by atoms with van der Waals surface area (Å²) in [6.45, 7) is 9.65. The van der Waals surface area contributed by atoms with Gasteiger partial charge in [0.05, 0.1) is 16.1 Å². The zero-order chi connectivity index (χ0) is 20.0. The molecule has 0 unspecified atom stereocenters. The molecule has 0 spiro atoms. The van der Waals surface area contributed by atoms with E-state index in [4.69, 9.17) is 16.3 Å². The molecule has 0 aliphatic heterocycles. The number of hydrogen-bond acceptors (Lipinski definition) is 4. The van der Waals surface area contributed by atoms with Crippen molar-refractivity contribution in [2.24, 2.45) is 0 Å². The van der Waals surface area contributed by atoms with Gasteiger partial charge in [-0.05, 0) is 58.1 Å². The predicted octanol–water partition coefficient (Wildman–Crippen LogP) is 4.88. The van der Waals surface area contributed by atoms with Crippen molar-refractivity contribution in [3.8, 4) is 0 Å². The van der Waals surface area contributed by atoms with Crippen molar-refractivity contribution in [3.05, 3.63) is 28.8 Å². The van der Waals surface area contributed by atoms with Gasteiger partial charge >= 0.3 is 6.09 Å². The van der Waals surface area contributed by atoms with Gasteiger partial charge in [0, 0.05) is 11.4 Å². The third kappa shape index (κ3) is 6.72. The quantitative estimate of drug-likeness (QED) is 0.640. The lowest BCUT2D eigenvalue weighted by Gasteiger charge is -2.33. The number of rotatable bonds is 7. The summed E-state index contributed by atoms with van der Waals surface area (Å²) in [4.78, 5) is 25.7. The highest BCUT2D eigenvalue weighted by molar-refractivity contribution is 7.98. The van der Waals surface area contributed by atoms with Gasteiger partial charge in [-0.25, -0.2) is 4.79 Å². The Morgan fingerprint density at radius 3 is 2.31 bits per heavy atom. The SMILES string of the molecule is CCC(CC)(CNC(=O)OC(C)(C)C)NC(=O)c1cc(SC)ccc1Cl. The van der Waals surface area contributed by atoms with Crippen LogP contribution in [0.15, 0.2) is 23.1 Å². The van der Waals surface area contributed by atoms with E-state index in [0.29, 0.717) is 23.4 Å². The summed E-state index contributed by atoms with van der Waals surface area (Å²) in [5.74, 6) is -0.249. The van der Waals surface area contributed by atoms with E-state index in [1.165, 1.54) is 0 Å². The number of nitrogens with one attached hydrogen (secondary N) is 2. The Morgan fingerprint density at radius 2 is 1.81 bits per heavy atom. The Hall–Kier alpha value is -1.40. The minimum absolute atomic E-state index is 0.249. The monoisotopic (exact) mass is 400 g/mol. The summed E-state index contributed by atoms with van der Waals surface area (Å²) in [7, 11) is 0. The second-order valence-corrected chi connectivity index (χ2v) is 8.43. The molecular weight excluding hydrogens is 372 g/mol. The molecule has 0 atom stereocenters. The molecule has 2 N–H and O–H groups in total. The highest BCUT2D eigenvalue weighted by Gasteiger charge is 2.30. The van der Waals surface area contributed by atoms with Crippen LogP contribution in [0.2, 0.25) is 5.02 Å². The zero-order valence-electron chi connectivity index (χ0n) is 16.4. The number of hydrogen-bond donors (Lipinski definition) is 2. The Kier molecular flexibility index (Phi) is 8.28. The standard InChI is InChI=1S/C19H29ClN2O3S/c1-7-19(8-2,12-21-17(24)25-18(3,4)5)22-16(23)14-11-13(26-6)9-10-15(14)20/h9-11H,7-8,12H2,1-6H3,(H,21,24)(H,22,23). The molecule has 0 aromatic heterocycles. The Balaban J connectivity index is 2.89. The molecule has 26 heavy (non-hydrogen) atoms. The molecule has 0 radical (unpaired) electrons. The molecule has 0 saturated heterocycles. The van der Waals surface area contributed by atoms with Crippen molar-refractivity contribution in [3.63, 3.8) is 0 Å². The molecule has 0 heterocycles. The maximum Gasteiger partial charge on any atom is 0.407 e. The molecule has 146 valence electrons.